The molecule has 0 aliphatic rings. The normalized spacial score (nSPS) is 10.3. The molecule has 4 rings (SSSR count). The Morgan fingerprint density at radius 2 is 1.52 bits per heavy atom. The van der Waals surface area contributed by atoms with Crippen LogP contribution < -0.4 is 20.5 Å². The van der Waals surface area contributed by atoms with E-state index < -0.39 is 5.91 Å². The van der Waals surface area contributed by atoms with Crippen molar-refractivity contribution in [2.75, 3.05) is 5.32 Å². The topological polar surface area (TPSA) is 104 Å². The van der Waals surface area contributed by atoms with Crippen molar-refractivity contribution in [2.45, 2.75) is 6.61 Å². The zero-order valence-corrected chi connectivity index (χ0v) is 17.6. The summed E-state index contributed by atoms with van der Waals surface area (Å²) >= 11 is 0. The van der Waals surface area contributed by atoms with E-state index in [4.69, 9.17) is 15.2 Å². The number of hydrogen-bond acceptors (Lipinski definition) is 5. The molecule has 0 radical (unpaired) electrons. The summed E-state index contributed by atoms with van der Waals surface area (Å²) in [6.45, 7) is 0.387. The number of pyridine rings is 1. The van der Waals surface area contributed by atoms with Crippen molar-refractivity contribution < 1.29 is 19.1 Å². The second-order valence-electron chi connectivity index (χ2n) is 7.15. The Morgan fingerprint density at radius 1 is 0.818 bits per heavy atom. The average molecular weight is 439 g/mol. The zero-order chi connectivity index (χ0) is 23.0. The van der Waals surface area contributed by atoms with Crippen molar-refractivity contribution in [1.29, 1.82) is 0 Å². The van der Waals surface area contributed by atoms with Crippen LogP contribution in [0.15, 0.2) is 97.3 Å². The lowest BCUT2D eigenvalue weighted by Gasteiger charge is -2.10. The maximum absolute atomic E-state index is 12.6. The first kappa shape index (κ1) is 21.6. The largest absolute Gasteiger partial charge is 0.489 e. The lowest BCUT2D eigenvalue weighted by Crippen LogP contribution is -2.11. The van der Waals surface area contributed by atoms with Crippen LogP contribution in [-0.2, 0) is 6.61 Å². The molecule has 0 aliphatic carbocycles. The Balaban J connectivity index is 1.35. The van der Waals surface area contributed by atoms with Crippen molar-refractivity contribution in [1.82, 2.24) is 4.98 Å². The number of anilines is 1. The van der Waals surface area contributed by atoms with E-state index in [2.05, 4.69) is 10.3 Å². The van der Waals surface area contributed by atoms with Gasteiger partial charge in [0.25, 0.3) is 5.91 Å². The number of nitrogens with two attached hydrogens (primary N) is 1. The minimum Gasteiger partial charge on any atom is -0.489 e. The van der Waals surface area contributed by atoms with Gasteiger partial charge >= 0.3 is 0 Å². The Morgan fingerprint density at radius 3 is 2.15 bits per heavy atom. The van der Waals surface area contributed by atoms with Gasteiger partial charge in [0.05, 0.1) is 0 Å². The summed E-state index contributed by atoms with van der Waals surface area (Å²) in [5.74, 6) is 1.01. The highest BCUT2D eigenvalue weighted by atomic mass is 16.5. The van der Waals surface area contributed by atoms with Gasteiger partial charge in [-0.3, -0.25) is 14.6 Å². The first-order valence-corrected chi connectivity index (χ1v) is 10.2. The molecule has 0 aliphatic heterocycles. The molecule has 0 saturated carbocycles. The summed E-state index contributed by atoms with van der Waals surface area (Å²) in [7, 11) is 0. The third-order valence-electron chi connectivity index (χ3n) is 4.71. The molecule has 0 fully saturated rings. The maximum atomic E-state index is 12.6. The Kier molecular flexibility index (Phi) is 6.61. The number of benzene rings is 3. The molecule has 3 N–H and O–H groups in total. The highest BCUT2D eigenvalue weighted by molar-refractivity contribution is 6.04. The van der Waals surface area contributed by atoms with Crippen LogP contribution in [0.25, 0.3) is 0 Å². The minimum atomic E-state index is -0.498. The molecule has 7 heteroatoms. The van der Waals surface area contributed by atoms with Crippen molar-refractivity contribution in [3.63, 3.8) is 0 Å². The Hall–Kier alpha value is -4.65. The van der Waals surface area contributed by atoms with Gasteiger partial charge in [0.1, 0.15) is 23.9 Å². The standard InChI is InChI=1S/C26H21N3O4/c27-25(30)19-6-10-22(11-7-19)33-23-12-8-20(9-13-23)26(31)29-21-4-1-5-24(15-21)32-17-18-3-2-14-28-16-18/h1-16H,17H2,(H2,27,30)(H,29,31). The van der Waals surface area contributed by atoms with Gasteiger partial charge in [-0.2, -0.15) is 0 Å². The van der Waals surface area contributed by atoms with Gasteiger partial charge in [-0.25, -0.2) is 0 Å². The summed E-state index contributed by atoms with van der Waals surface area (Å²) in [6.07, 6.45) is 3.45. The summed E-state index contributed by atoms with van der Waals surface area (Å²) in [5.41, 5.74) is 7.70. The van der Waals surface area contributed by atoms with Crippen LogP contribution in [0, 0.1) is 0 Å². The molecule has 1 aromatic heterocycles. The molecule has 3 aromatic carbocycles. The number of hydrogen-bond donors (Lipinski definition) is 2. The quantitative estimate of drug-likeness (QED) is 0.410. The van der Waals surface area contributed by atoms with Gasteiger partial charge < -0.3 is 20.5 Å². The molecule has 0 spiro atoms. The van der Waals surface area contributed by atoms with E-state index in [0.717, 1.165) is 5.56 Å². The number of aromatic nitrogens is 1. The van der Waals surface area contributed by atoms with E-state index in [0.29, 0.717) is 40.7 Å². The number of carbonyl (C=O) groups excluding carboxylic acids is 2. The van der Waals surface area contributed by atoms with E-state index in [-0.39, 0.29) is 5.91 Å². The third-order valence-corrected chi connectivity index (χ3v) is 4.71. The fourth-order valence-electron chi connectivity index (χ4n) is 3.01. The molecule has 0 atom stereocenters. The van der Waals surface area contributed by atoms with Gasteiger partial charge in [-0.15, -0.1) is 0 Å². The van der Waals surface area contributed by atoms with Crippen molar-refractivity contribution in [2.24, 2.45) is 5.73 Å². The van der Waals surface area contributed by atoms with Crippen LogP contribution in [0.4, 0.5) is 5.69 Å². The number of carbonyl (C=O) groups is 2. The van der Waals surface area contributed by atoms with Crippen LogP contribution in [0.3, 0.4) is 0 Å². The fourth-order valence-corrected chi connectivity index (χ4v) is 3.01. The first-order chi connectivity index (χ1) is 16.1. The summed E-state index contributed by atoms with van der Waals surface area (Å²) in [5, 5.41) is 2.87. The molecule has 7 nitrogen and oxygen atoms in total. The second kappa shape index (κ2) is 10.1. The smallest absolute Gasteiger partial charge is 0.255 e. The van der Waals surface area contributed by atoms with E-state index in [1.807, 2.05) is 24.3 Å². The monoisotopic (exact) mass is 439 g/mol. The van der Waals surface area contributed by atoms with Crippen LogP contribution in [0.2, 0.25) is 0 Å². The summed E-state index contributed by atoms with van der Waals surface area (Å²) in [6, 6.07) is 24.2. The lowest BCUT2D eigenvalue weighted by molar-refractivity contribution is 0.0997. The van der Waals surface area contributed by atoms with Gasteiger partial charge in [-0.05, 0) is 66.7 Å². The van der Waals surface area contributed by atoms with Crippen LogP contribution in [0.1, 0.15) is 26.3 Å². The third kappa shape index (κ3) is 5.95. The fraction of sp³-hybridized carbons (Fsp3) is 0.0385. The van der Waals surface area contributed by atoms with Crippen LogP contribution in [0.5, 0.6) is 17.2 Å². The molecule has 0 bridgehead atoms. The molecular weight excluding hydrogens is 418 g/mol. The highest BCUT2D eigenvalue weighted by Gasteiger charge is 2.08. The number of nitrogens with one attached hydrogen (secondary N) is 1. The predicted molar refractivity (Wildman–Crippen MR) is 124 cm³/mol. The summed E-state index contributed by atoms with van der Waals surface area (Å²) in [4.78, 5) is 27.8. The number of rotatable bonds is 8. The molecule has 0 saturated heterocycles. The van der Waals surface area contributed by atoms with Gasteiger partial charge in [0, 0.05) is 40.8 Å². The maximum Gasteiger partial charge on any atom is 0.255 e. The van der Waals surface area contributed by atoms with Gasteiger partial charge in [-0.1, -0.05) is 12.1 Å². The van der Waals surface area contributed by atoms with E-state index in [1.54, 1.807) is 73.1 Å². The molecule has 33 heavy (non-hydrogen) atoms. The molecule has 1 heterocycles. The molecule has 4 aromatic rings. The minimum absolute atomic E-state index is 0.253. The van der Waals surface area contributed by atoms with E-state index in [9.17, 15) is 9.59 Å². The van der Waals surface area contributed by atoms with Crippen LogP contribution in [-0.4, -0.2) is 16.8 Å². The molecule has 0 unspecified atom stereocenters. The Labute approximate surface area is 190 Å². The predicted octanol–water partition coefficient (Wildman–Crippen LogP) is 4.80. The van der Waals surface area contributed by atoms with E-state index in [1.165, 1.54) is 0 Å². The number of nitrogens with zero attached hydrogens (tertiary/aromatic N) is 1. The highest BCUT2D eigenvalue weighted by Crippen LogP contribution is 2.23. The Bertz CT molecular complexity index is 1240. The molecule has 164 valence electrons. The zero-order valence-electron chi connectivity index (χ0n) is 17.6. The van der Waals surface area contributed by atoms with Crippen molar-refractivity contribution >= 4 is 17.5 Å². The molecule has 2 amide bonds. The first-order valence-electron chi connectivity index (χ1n) is 10.2. The average Bonchev–Trinajstić information content (AvgIpc) is 2.84. The number of primary amides is 1. The molecular formula is C26H21N3O4. The second-order valence-corrected chi connectivity index (χ2v) is 7.15. The van der Waals surface area contributed by atoms with Crippen molar-refractivity contribution in [3.05, 3.63) is 114 Å². The summed E-state index contributed by atoms with van der Waals surface area (Å²) < 4.78 is 11.5. The van der Waals surface area contributed by atoms with Gasteiger partial charge in [0.2, 0.25) is 5.91 Å². The van der Waals surface area contributed by atoms with Gasteiger partial charge in [0.15, 0.2) is 0 Å². The lowest BCUT2D eigenvalue weighted by atomic mass is 10.2. The number of amides is 2. The van der Waals surface area contributed by atoms with E-state index >= 15 is 0 Å². The SMILES string of the molecule is NC(=O)c1ccc(Oc2ccc(C(=O)Nc3cccc(OCc4cccnc4)c3)cc2)cc1. The van der Waals surface area contributed by atoms with Crippen molar-refractivity contribution in [3.8, 4) is 17.2 Å². The number of ether oxygens (including phenoxy) is 2. The van der Waals surface area contributed by atoms with Crippen LogP contribution >= 0.6 is 0 Å².